The Morgan fingerprint density at radius 1 is 0.906 bits per heavy atom. The maximum Gasteiger partial charge on any atom is 0.251 e. The first-order valence-corrected chi connectivity index (χ1v) is 11.2. The number of hydrogen-bond acceptors (Lipinski definition) is 3. The maximum absolute atomic E-state index is 12.6. The average Bonchev–Trinajstić information content (AvgIpc) is 3.57. The number of aromatic nitrogens is 2. The zero-order valence-electron chi connectivity index (χ0n) is 19.0. The molecule has 0 saturated heterocycles. The molecule has 4 aromatic rings. The second-order valence-corrected chi connectivity index (χ2v) is 9.05. The van der Waals surface area contributed by atoms with Gasteiger partial charge in [-0.3, -0.25) is 4.79 Å². The quantitative estimate of drug-likeness (QED) is 0.434. The molecule has 1 aliphatic rings. The van der Waals surface area contributed by atoms with Crippen LogP contribution < -0.4 is 5.32 Å². The lowest BCUT2D eigenvalue weighted by Crippen LogP contribution is -2.25. The molecule has 0 radical (unpaired) electrons. The Hall–Kier alpha value is -3.53. The predicted octanol–water partition coefficient (Wildman–Crippen LogP) is 6.09. The Kier molecular flexibility index (Phi) is 5.01. The molecule has 0 aliphatic heterocycles. The van der Waals surface area contributed by atoms with Gasteiger partial charge in [0, 0.05) is 27.9 Å². The summed E-state index contributed by atoms with van der Waals surface area (Å²) in [6.07, 6.45) is 3.98. The smallest absolute Gasteiger partial charge is 0.251 e. The van der Waals surface area contributed by atoms with Crippen molar-refractivity contribution in [1.29, 1.82) is 0 Å². The molecule has 0 unspecified atom stereocenters. The first kappa shape index (κ1) is 20.4. The van der Waals surface area contributed by atoms with Crippen LogP contribution in [0.5, 0.6) is 0 Å². The number of hydrogen-bond donors (Lipinski definition) is 1. The molecule has 1 N–H and O–H groups in total. The van der Waals surface area contributed by atoms with Crippen molar-refractivity contribution in [3.05, 3.63) is 82.5 Å². The Labute approximate surface area is 188 Å². The number of nitrogens with one attached hydrogen (secondary N) is 1. The molecule has 1 aliphatic carbocycles. The summed E-state index contributed by atoms with van der Waals surface area (Å²) >= 11 is 0. The monoisotopic (exact) mass is 421 g/mol. The van der Waals surface area contributed by atoms with Crippen LogP contribution in [-0.4, -0.2) is 22.1 Å². The van der Waals surface area contributed by atoms with E-state index in [0.29, 0.717) is 11.6 Å². The van der Waals surface area contributed by atoms with E-state index in [1.165, 1.54) is 16.7 Å². The summed E-state index contributed by atoms with van der Waals surface area (Å²) in [4.78, 5) is 12.6. The van der Waals surface area contributed by atoms with Crippen LogP contribution in [-0.2, 0) is 0 Å². The minimum atomic E-state index is 0.00742. The second kappa shape index (κ2) is 7.86. The lowest BCUT2D eigenvalue weighted by Gasteiger charge is -2.14. The van der Waals surface area contributed by atoms with Gasteiger partial charge in [-0.25, -0.2) is 0 Å². The molecule has 3 aromatic carbocycles. The van der Waals surface area contributed by atoms with Crippen LogP contribution >= 0.6 is 0 Å². The van der Waals surface area contributed by atoms with Crippen molar-refractivity contribution in [3.8, 4) is 22.4 Å². The Balaban J connectivity index is 1.59. The lowest BCUT2D eigenvalue weighted by atomic mass is 9.92. The van der Waals surface area contributed by atoms with Gasteiger partial charge in [0.05, 0.1) is 6.20 Å². The van der Waals surface area contributed by atoms with E-state index in [1.807, 2.05) is 24.4 Å². The molecule has 1 saturated carbocycles. The highest BCUT2D eigenvalue weighted by Crippen LogP contribution is 2.34. The highest BCUT2D eigenvalue weighted by Gasteiger charge is 2.24. The number of benzene rings is 3. The first-order valence-electron chi connectivity index (χ1n) is 11.2. The fourth-order valence-corrected chi connectivity index (χ4v) is 4.56. The molecular weight excluding hydrogens is 394 g/mol. The number of aryl methyl sites for hydroxylation is 4. The summed E-state index contributed by atoms with van der Waals surface area (Å²) in [6, 6.07) is 17.1. The first-order chi connectivity index (χ1) is 15.4. The molecule has 160 valence electrons. The van der Waals surface area contributed by atoms with Crippen LogP contribution in [0.3, 0.4) is 0 Å². The molecule has 1 fully saturated rings. The fraction of sp³-hybridized carbons (Fsp3) is 0.250. The standard InChI is InChI=1S/C28H27N3O/c1-16-11-18(3)26(19(4)12-16)27-24-10-7-20(13-22(24)15-29-31-27)25-14-21(6-5-17(25)2)28(32)30-23-8-9-23/h5-7,10-15,23H,8-9H2,1-4H3,(H,30,32). The number of amides is 1. The number of nitrogens with zero attached hydrogens (tertiary/aromatic N) is 2. The van der Waals surface area contributed by atoms with Gasteiger partial charge < -0.3 is 5.32 Å². The Bertz CT molecular complexity index is 1350. The van der Waals surface area contributed by atoms with Gasteiger partial charge in [-0.2, -0.15) is 5.10 Å². The third kappa shape index (κ3) is 3.77. The Morgan fingerprint density at radius 3 is 2.38 bits per heavy atom. The summed E-state index contributed by atoms with van der Waals surface area (Å²) in [5, 5.41) is 14.0. The van der Waals surface area contributed by atoms with Crippen molar-refractivity contribution in [2.45, 2.75) is 46.6 Å². The van der Waals surface area contributed by atoms with Crippen LogP contribution in [0.15, 0.2) is 54.7 Å². The van der Waals surface area contributed by atoms with E-state index in [0.717, 1.165) is 51.6 Å². The van der Waals surface area contributed by atoms with Crippen molar-refractivity contribution < 1.29 is 4.79 Å². The van der Waals surface area contributed by atoms with Gasteiger partial charge in [-0.1, -0.05) is 35.9 Å². The second-order valence-electron chi connectivity index (χ2n) is 9.05. The van der Waals surface area contributed by atoms with Crippen molar-refractivity contribution in [2.75, 3.05) is 0 Å². The summed E-state index contributed by atoms with van der Waals surface area (Å²) < 4.78 is 0. The third-order valence-corrected chi connectivity index (χ3v) is 6.30. The molecule has 5 rings (SSSR count). The fourth-order valence-electron chi connectivity index (χ4n) is 4.56. The molecule has 32 heavy (non-hydrogen) atoms. The van der Waals surface area contributed by atoms with Gasteiger partial charge in [-0.15, -0.1) is 5.10 Å². The molecule has 0 atom stereocenters. The predicted molar refractivity (Wildman–Crippen MR) is 130 cm³/mol. The van der Waals surface area contributed by atoms with Crippen molar-refractivity contribution in [1.82, 2.24) is 15.5 Å². The zero-order chi connectivity index (χ0) is 22.4. The van der Waals surface area contributed by atoms with Gasteiger partial charge in [0.15, 0.2) is 0 Å². The largest absolute Gasteiger partial charge is 0.349 e. The van der Waals surface area contributed by atoms with E-state index < -0.39 is 0 Å². The van der Waals surface area contributed by atoms with Crippen molar-refractivity contribution in [3.63, 3.8) is 0 Å². The minimum Gasteiger partial charge on any atom is -0.349 e. The summed E-state index contributed by atoms with van der Waals surface area (Å²) in [5.74, 6) is 0.00742. The lowest BCUT2D eigenvalue weighted by molar-refractivity contribution is 0.0951. The van der Waals surface area contributed by atoms with Crippen LogP contribution in [0.4, 0.5) is 0 Å². The van der Waals surface area contributed by atoms with Gasteiger partial charge in [0.1, 0.15) is 5.69 Å². The van der Waals surface area contributed by atoms with Crippen LogP contribution in [0.1, 0.15) is 45.5 Å². The van der Waals surface area contributed by atoms with Gasteiger partial charge >= 0.3 is 0 Å². The molecule has 0 spiro atoms. The zero-order valence-corrected chi connectivity index (χ0v) is 19.0. The maximum atomic E-state index is 12.6. The van der Waals surface area contributed by atoms with Crippen LogP contribution in [0, 0.1) is 27.7 Å². The topological polar surface area (TPSA) is 54.9 Å². The average molecular weight is 422 g/mol. The molecule has 1 heterocycles. The van der Waals surface area contributed by atoms with E-state index in [1.54, 1.807) is 0 Å². The highest BCUT2D eigenvalue weighted by atomic mass is 16.1. The molecule has 4 nitrogen and oxygen atoms in total. The highest BCUT2D eigenvalue weighted by molar-refractivity contribution is 5.99. The molecule has 4 heteroatoms. The van der Waals surface area contributed by atoms with Crippen molar-refractivity contribution >= 4 is 16.7 Å². The summed E-state index contributed by atoms with van der Waals surface area (Å²) in [6.45, 7) is 8.46. The molecule has 1 aromatic heterocycles. The van der Waals surface area contributed by atoms with Gasteiger partial charge in [-0.05, 0) is 86.6 Å². The normalized spacial score (nSPS) is 13.4. The summed E-state index contributed by atoms with van der Waals surface area (Å²) in [7, 11) is 0. The molecule has 0 bridgehead atoms. The molecular formula is C28H27N3O. The Morgan fingerprint density at radius 2 is 1.66 bits per heavy atom. The van der Waals surface area contributed by atoms with E-state index in [9.17, 15) is 4.79 Å². The van der Waals surface area contributed by atoms with Crippen molar-refractivity contribution in [2.24, 2.45) is 0 Å². The molecule has 1 amide bonds. The van der Waals surface area contributed by atoms with Gasteiger partial charge in [0.2, 0.25) is 0 Å². The number of rotatable bonds is 4. The summed E-state index contributed by atoms with van der Waals surface area (Å²) in [5.41, 5.74) is 9.72. The van der Waals surface area contributed by atoms with Crippen LogP contribution in [0.25, 0.3) is 33.2 Å². The van der Waals surface area contributed by atoms with E-state index in [4.69, 9.17) is 0 Å². The van der Waals surface area contributed by atoms with Gasteiger partial charge in [0.25, 0.3) is 5.91 Å². The number of fused-ring (bicyclic) bond motifs is 1. The third-order valence-electron chi connectivity index (χ3n) is 6.30. The van der Waals surface area contributed by atoms with E-state index in [2.05, 4.69) is 73.5 Å². The van der Waals surface area contributed by atoms with E-state index in [-0.39, 0.29) is 5.91 Å². The number of carbonyl (C=O) groups excluding carboxylic acids is 1. The van der Waals surface area contributed by atoms with E-state index >= 15 is 0 Å². The minimum absolute atomic E-state index is 0.00742. The van der Waals surface area contributed by atoms with Crippen LogP contribution in [0.2, 0.25) is 0 Å². The number of carbonyl (C=O) groups is 1. The SMILES string of the molecule is Cc1cc(C)c(-c2nncc3cc(-c4cc(C(=O)NC5CC5)ccc4C)ccc23)c(C)c1.